The van der Waals surface area contributed by atoms with E-state index in [4.69, 9.17) is 0 Å². The molecule has 1 nitrogen and oxygen atoms in total. The van der Waals surface area contributed by atoms with E-state index in [9.17, 15) is 0 Å². The van der Waals surface area contributed by atoms with Crippen LogP contribution in [0.25, 0.3) is 0 Å². The van der Waals surface area contributed by atoms with Gasteiger partial charge in [0, 0.05) is 5.38 Å². The molecule has 0 spiro atoms. The molecule has 1 rings (SSSR count). The Balaban J connectivity index is 3.05. The maximum atomic E-state index is 3.74. The van der Waals surface area contributed by atoms with Gasteiger partial charge in [-0.1, -0.05) is 0 Å². The van der Waals surface area contributed by atoms with Crippen molar-refractivity contribution in [2.45, 2.75) is 6.92 Å². The molecule has 0 aliphatic rings. The van der Waals surface area contributed by atoms with Crippen molar-refractivity contribution in [3.05, 3.63) is 17.1 Å². The van der Waals surface area contributed by atoms with Crippen LogP contribution in [0.1, 0.15) is 5.56 Å². The Morgan fingerprint density at radius 3 is 3.00 bits per heavy atom. The molecule has 0 aromatic carbocycles. The molecule has 31 valence electrons. The van der Waals surface area contributed by atoms with Gasteiger partial charge >= 0.3 is 0 Å². The van der Waals surface area contributed by atoms with Gasteiger partial charge in [-0.05, 0) is 24.0 Å². The summed E-state index contributed by atoms with van der Waals surface area (Å²) in [6.45, 7) is 1.98. The number of hydrogen-bond acceptors (Lipinski definition) is 2. The van der Waals surface area contributed by atoms with Gasteiger partial charge in [-0.2, -0.15) is 4.37 Å². The highest BCUT2D eigenvalue weighted by Crippen LogP contribution is 1.94. The Morgan fingerprint density at radius 1 is 2.00 bits per heavy atom. The molecule has 1 heterocycles. The largest absolute Gasteiger partial charge is 0.191 e. The van der Waals surface area contributed by atoms with E-state index >= 15 is 0 Å². The van der Waals surface area contributed by atoms with Crippen LogP contribution in [0.15, 0.2) is 5.38 Å². The Bertz CT molecular complexity index is 111. The van der Waals surface area contributed by atoms with Gasteiger partial charge in [0.05, 0.1) is 0 Å². The fourth-order valence-corrected chi connectivity index (χ4v) is 0.690. The number of aryl methyl sites for hydroxylation is 1. The SMILES string of the molecule is Cc1[c]nsc1. The highest BCUT2D eigenvalue weighted by Gasteiger charge is 1.77. The zero-order valence-electron chi connectivity index (χ0n) is 3.43. The monoisotopic (exact) mass is 98.0 g/mol. The first-order valence-electron chi connectivity index (χ1n) is 1.68. The molecule has 0 atom stereocenters. The highest BCUT2D eigenvalue weighted by molar-refractivity contribution is 7.03. The third-order valence-corrected chi connectivity index (χ3v) is 1.16. The lowest BCUT2D eigenvalue weighted by Crippen LogP contribution is -1.52. The molecule has 0 saturated carbocycles. The van der Waals surface area contributed by atoms with Gasteiger partial charge in [-0.25, -0.2) is 0 Å². The van der Waals surface area contributed by atoms with Crippen LogP contribution in [0, 0.1) is 13.1 Å². The first kappa shape index (κ1) is 3.81. The van der Waals surface area contributed by atoms with Crippen molar-refractivity contribution in [2.75, 3.05) is 0 Å². The van der Waals surface area contributed by atoms with E-state index in [1.165, 1.54) is 11.5 Å². The average molecular weight is 98.1 g/mol. The van der Waals surface area contributed by atoms with Gasteiger partial charge in [0.1, 0.15) is 6.20 Å². The average Bonchev–Trinajstić information content (AvgIpc) is 1.86. The van der Waals surface area contributed by atoms with Gasteiger partial charge in [0.15, 0.2) is 0 Å². The lowest BCUT2D eigenvalue weighted by molar-refractivity contribution is 1.43. The smallest absolute Gasteiger partial charge is 0.107 e. The fraction of sp³-hybridized carbons (Fsp3) is 0.250. The molecule has 0 N–H and O–H groups in total. The number of hydrogen-bond donors (Lipinski definition) is 0. The summed E-state index contributed by atoms with van der Waals surface area (Å²) in [6.07, 6.45) is 2.77. The minimum Gasteiger partial charge on any atom is -0.191 e. The molecule has 0 unspecified atom stereocenters. The number of aromatic nitrogens is 1. The molecule has 1 aromatic rings. The van der Waals surface area contributed by atoms with Crippen LogP contribution in [-0.2, 0) is 0 Å². The minimum absolute atomic E-state index is 1.13. The van der Waals surface area contributed by atoms with Crippen LogP contribution < -0.4 is 0 Å². The summed E-state index contributed by atoms with van der Waals surface area (Å²) in [4.78, 5) is 0. The first-order valence-corrected chi connectivity index (χ1v) is 2.52. The predicted molar refractivity (Wildman–Crippen MR) is 25.7 cm³/mol. The zero-order valence-corrected chi connectivity index (χ0v) is 4.25. The van der Waals surface area contributed by atoms with Crippen molar-refractivity contribution in [3.8, 4) is 0 Å². The highest BCUT2D eigenvalue weighted by atomic mass is 32.1. The van der Waals surface area contributed by atoms with Crippen molar-refractivity contribution < 1.29 is 0 Å². The lowest BCUT2D eigenvalue weighted by atomic mass is 10.5. The molecule has 0 amide bonds. The quantitative estimate of drug-likeness (QED) is 0.476. The Kier molecular flexibility index (Phi) is 0.881. The molecular formula is C4H4NS. The Morgan fingerprint density at radius 2 is 2.83 bits per heavy atom. The molecule has 1 aromatic heterocycles. The fourth-order valence-electron chi connectivity index (χ4n) is 0.230. The first-order chi connectivity index (χ1) is 2.89. The Labute approximate surface area is 40.8 Å². The van der Waals surface area contributed by atoms with Gasteiger partial charge < -0.3 is 0 Å². The van der Waals surface area contributed by atoms with Crippen LogP contribution in [0.4, 0.5) is 0 Å². The van der Waals surface area contributed by atoms with Crippen LogP contribution in [-0.4, -0.2) is 4.37 Å². The summed E-state index contributed by atoms with van der Waals surface area (Å²) in [5.74, 6) is 0. The maximum Gasteiger partial charge on any atom is 0.107 e. The third-order valence-electron chi connectivity index (χ3n) is 0.504. The standard InChI is InChI=1S/C4H4NS/c1-4-2-5-6-3-4/h3H,1H3. The summed E-state index contributed by atoms with van der Waals surface area (Å²) < 4.78 is 3.74. The van der Waals surface area contributed by atoms with Crippen LogP contribution >= 0.6 is 11.5 Å². The molecule has 6 heavy (non-hydrogen) atoms. The molecular weight excluding hydrogens is 94.1 g/mol. The number of rotatable bonds is 0. The second-order valence-corrected chi connectivity index (χ2v) is 1.74. The van der Waals surface area contributed by atoms with Gasteiger partial charge in [-0.15, -0.1) is 0 Å². The van der Waals surface area contributed by atoms with E-state index in [-0.39, 0.29) is 0 Å². The van der Waals surface area contributed by atoms with E-state index in [0.717, 1.165) is 5.56 Å². The normalized spacial score (nSPS) is 8.83. The van der Waals surface area contributed by atoms with E-state index in [2.05, 4.69) is 10.6 Å². The van der Waals surface area contributed by atoms with Crippen molar-refractivity contribution in [1.29, 1.82) is 0 Å². The third kappa shape index (κ3) is 0.571. The summed E-state index contributed by atoms with van der Waals surface area (Å²) >= 11 is 1.43. The summed E-state index contributed by atoms with van der Waals surface area (Å²) in [5, 5.41) is 1.96. The van der Waals surface area contributed by atoms with Crippen molar-refractivity contribution in [1.82, 2.24) is 4.37 Å². The molecule has 2 heteroatoms. The predicted octanol–water partition coefficient (Wildman–Crippen LogP) is 1.25. The van der Waals surface area contributed by atoms with Gasteiger partial charge in [0.25, 0.3) is 0 Å². The zero-order chi connectivity index (χ0) is 4.41. The second kappa shape index (κ2) is 1.39. The van der Waals surface area contributed by atoms with E-state index in [1.807, 2.05) is 12.3 Å². The Hall–Kier alpha value is -0.370. The summed E-state index contributed by atoms with van der Waals surface area (Å²) in [7, 11) is 0. The molecule has 0 aliphatic carbocycles. The van der Waals surface area contributed by atoms with E-state index < -0.39 is 0 Å². The summed E-state index contributed by atoms with van der Waals surface area (Å²) in [6, 6.07) is 0. The number of nitrogens with zero attached hydrogens (tertiary/aromatic N) is 1. The second-order valence-electron chi connectivity index (χ2n) is 1.11. The van der Waals surface area contributed by atoms with E-state index in [0.29, 0.717) is 0 Å². The minimum atomic E-state index is 1.13. The topological polar surface area (TPSA) is 12.9 Å². The molecule has 0 bridgehead atoms. The van der Waals surface area contributed by atoms with Crippen LogP contribution in [0.3, 0.4) is 0 Å². The summed E-state index contributed by atoms with van der Waals surface area (Å²) in [5.41, 5.74) is 1.13. The van der Waals surface area contributed by atoms with Crippen LogP contribution in [0.2, 0.25) is 0 Å². The molecule has 0 fully saturated rings. The van der Waals surface area contributed by atoms with Crippen LogP contribution in [0.5, 0.6) is 0 Å². The molecule has 0 aliphatic heterocycles. The molecule has 0 saturated heterocycles. The lowest BCUT2D eigenvalue weighted by Gasteiger charge is -1.61. The molecule has 1 radical (unpaired) electrons. The van der Waals surface area contributed by atoms with E-state index in [1.54, 1.807) is 0 Å². The van der Waals surface area contributed by atoms with Gasteiger partial charge in [-0.3, -0.25) is 0 Å². The van der Waals surface area contributed by atoms with Crippen molar-refractivity contribution in [2.24, 2.45) is 0 Å². The van der Waals surface area contributed by atoms with Crippen molar-refractivity contribution in [3.63, 3.8) is 0 Å². The maximum absolute atomic E-state index is 3.74. The van der Waals surface area contributed by atoms with Crippen molar-refractivity contribution >= 4 is 11.5 Å². The van der Waals surface area contributed by atoms with Gasteiger partial charge in [0.2, 0.25) is 0 Å².